The third-order valence-electron chi connectivity index (χ3n) is 6.73. The zero-order chi connectivity index (χ0) is 23.1. The normalized spacial score (nSPS) is 16.6. The molecule has 1 fully saturated rings. The molecule has 0 aliphatic carbocycles. The quantitative estimate of drug-likeness (QED) is 0.441. The highest BCUT2D eigenvalue weighted by atomic mass is 32.1. The monoisotopic (exact) mass is 473 g/mol. The Hall–Kier alpha value is -3.59. The number of likely N-dealkylation sites (tertiary alicyclic amines) is 1. The zero-order valence-corrected chi connectivity index (χ0v) is 19.3. The van der Waals surface area contributed by atoms with Crippen LogP contribution in [-0.4, -0.2) is 51.6 Å². The highest BCUT2D eigenvalue weighted by Gasteiger charge is 2.29. The fourth-order valence-electron chi connectivity index (χ4n) is 4.88. The predicted molar refractivity (Wildman–Crippen MR) is 128 cm³/mol. The Balaban J connectivity index is 1.12. The van der Waals surface area contributed by atoms with Gasteiger partial charge < -0.3 is 9.80 Å². The van der Waals surface area contributed by atoms with E-state index in [0.717, 1.165) is 42.9 Å². The van der Waals surface area contributed by atoms with E-state index in [0.29, 0.717) is 35.4 Å². The maximum absolute atomic E-state index is 13.2. The van der Waals surface area contributed by atoms with Gasteiger partial charge in [0.2, 0.25) is 0 Å². The Bertz CT molecular complexity index is 1370. The van der Waals surface area contributed by atoms with E-state index < -0.39 is 0 Å². The highest BCUT2D eigenvalue weighted by molar-refractivity contribution is 7.10. The van der Waals surface area contributed by atoms with Gasteiger partial charge in [0.15, 0.2) is 0 Å². The van der Waals surface area contributed by atoms with Crippen LogP contribution >= 0.6 is 11.3 Å². The van der Waals surface area contributed by atoms with Crippen LogP contribution < -0.4 is 4.90 Å². The number of anilines is 1. The zero-order valence-electron chi connectivity index (χ0n) is 18.5. The lowest BCUT2D eigenvalue weighted by molar-refractivity contribution is 0.0713. The minimum atomic E-state index is -0.0278. The van der Waals surface area contributed by atoms with Crippen LogP contribution in [0.15, 0.2) is 52.5 Å². The standard InChI is InChI=1S/C25H23N5O3S/c31-24(18-7-8-19-20(14-18)28-33-27-19)29-12-9-17(10-13-29)23-26-21(15-34-23)25(32)30-11-3-5-16-4-1-2-6-22(16)30/h1-2,4,6-8,14-15,17H,3,5,9-13H2. The third-order valence-corrected chi connectivity index (χ3v) is 7.74. The van der Waals surface area contributed by atoms with Gasteiger partial charge in [0.1, 0.15) is 16.7 Å². The molecule has 0 unspecified atom stereocenters. The van der Waals surface area contributed by atoms with E-state index in [4.69, 9.17) is 9.61 Å². The number of benzene rings is 2. The smallest absolute Gasteiger partial charge is 0.277 e. The molecule has 4 heterocycles. The Morgan fingerprint density at radius 2 is 1.79 bits per heavy atom. The summed E-state index contributed by atoms with van der Waals surface area (Å²) in [6, 6.07) is 13.3. The van der Waals surface area contributed by atoms with Crippen LogP contribution in [0.25, 0.3) is 11.0 Å². The van der Waals surface area contributed by atoms with Crippen LogP contribution in [-0.2, 0) is 6.42 Å². The largest absolute Gasteiger partial charge is 0.339 e. The molecule has 0 saturated carbocycles. The summed E-state index contributed by atoms with van der Waals surface area (Å²) >= 11 is 1.55. The third kappa shape index (κ3) is 3.75. The van der Waals surface area contributed by atoms with Crippen molar-refractivity contribution in [3.05, 3.63) is 69.7 Å². The molecule has 1 saturated heterocycles. The van der Waals surface area contributed by atoms with Gasteiger partial charge in [-0.25, -0.2) is 9.61 Å². The van der Waals surface area contributed by atoms with Crippen molar-refractivity contribution in [1.82, 2.24) is 20.2 Å². The number of carbonyl (C=O) groups is 2. The molecule has 0 bridgehead atoms. The Morgan fingerprint density at radius 1 is 0.971 bits per heavy atom. The van der Waals surface area contributed by atoms with E-state index >= 15 is 0 Å². The van der Waals surface area contributed by atoms with Crippen molar-refractivity contribution in [1.29, 1.82) is 0 Å². The summed E-state index contributed by atoms with van der Waals surface area (Å²) in [5, 5.41) is 10.5. The van der Waals surface area contributed by atoms with Crippen molar-refractivity contribution >= 4 is 39.9 Å². The molecule has 0 spiro atoms. The SMILES string of the molecule is O=C(c1ccc2nonc2c1)N1CCC(c2nc(C(=O)N3CCCc4ccccc43)cs2)CC1. The molecule has 2 aliphatic heterocycles. The van der Waals surface area contributed by atoms with Gasteiger partial charge in [-0.1, -0.05) is 18.2 Å². The van der Waals surface area contributed by atoms with E-state index in [2.05, 4.69) is 16.4 Å². The topological polar surface area (TPSA) is 92.4 Å². The first-order valence-corrected chi connectivity index (χ1v) is 12.4. The predicted octanol–water partition coefficient (Wildman–Crippen LogP) is 4.29. The Morgan fingerprint density at radius 3 is 2.68 bits per heavy atom. The lowest BCUT2D eigenvalue weighted by atomic mass is 9.97. The van der Waals surface area contributed by atoms with E-state index in [1.54, 1.807) is 29.5 Å². The Labute approximate surface area is 200 Å². The molecular formula is C25H23N5O3S. The highest BCUT2D eigenvalue weighted by Crippen LogP contribution is 2.33. The van der Waals surface area contributed by atoms with Gasteiger partial charge in [-0.15, -0.1) is 11.3 Å². The fourth-order valence-corrected chi connectivity index (χ4v) is 5.85. The second kappa shape index (κ2) is 8.64. The molecule has 6 rings (SSSR count). The number of fused-ring (bicyclic) bond motifs is 2. The molecule has 2 aliphatic rings. The number of carbonyl (C=O) groups excluding carboxylic acids is 2. The first kappa shape index (κ1) is 21.0. The van der Waals surface area contributed by atoms with Gasteiger partial charge in [0.25, 0.3) is 11.8 Å². The molecule has 2 amide bonds. The molecule has 172 valence electrons. The van der Waals surface area contributed by atoms with Crippen molar-refractivity contribution in [3.8, 4) is 0 Å². The van der Waals surface area contributed by atoms with Crippen LogP contribution in [0.2, 0.25) is 0 Å². The number of aryl methyl sites for hydroxylation is 1. The summed E-state index contributed by atoms with van der Waals surface area (Å²) in [5.41, 5.74) is 4.54. The molecule has 34 heavy (non-hydrogen) atoms. The van der Waals surface area contributed by atoms with E-state index in [1.165, 1.54) is 5.56 Å². The number of rotatable bonds is 3. The second-order valence-electron chi connectivity index (χ2n) is 8.79. The maximum atomic E-state index is 13.2. The van der Waals surface area contributed by atoms with Crippen LogP contribution in [0.4, 0.5) is 5.69 Å². The lowest BCUT2D eigenvalue weighted by Crippen LogP contribution is -2.38. The van der Waals surface area contributed by atoms with Gasteiger partial charge in [-0.05, 0) is 65.8 Å². The van der Waals surface area contributed by atoms with Gasteiger partial charge in [-0.3, -0.25) is 9.59 Å². The van der Waals surface area contributed by atoms with Gasteiger partial charge in [-0.2, -0.15) is 0 Å². The molecule has 0 atom stereocenters. The van der Waals surface area contributed by atoms with Crippen LogP contribution in [0.5, 0.6) is 0 Å². The fraction of sp³-hybridized carbons (Fsp3) is 0.320. The minimum Gasteiger partial charge on any atom is -0.339 e. The first-order chi connectivity index (χ1) is 16.7. The van der Waals surface area contributed by atoms with E-state index in [9.17, 15) is 9.59 Å². The minimum absolute atomic E-state index is 0.0119. The molecule has 2 aromatic carbocycles. The van der Waals surface area contributed by atoms with Crippen LogP contribution in [0, 0.1) is 0 Å². The average molecular weight is 474 g/mol. The van der Waals surface area contributed by atoms with Gasteiger partial charge >= 0.3 is 0 Å². The number of aromatic nitrogens is 3. The number of thiazole rings is 1. The molecule has 8 nitrogen and oxygen atoms in total. The summed E-state index contributed by atoms with van der Waals surface area (Å²) in [6.45, 7) is 2.03. The number of amides is 2. The molecule has 0 N–H and O–H groups in total. The first-order valence-electron chi connectivity index (χ1n) is 11.5. The average Bonchev–Trinajstić information content (AvgIpc) is 3.57. The number of hydrogen-bond acceptors (Lipinski definition) is 7. The van der Waals surface area contributed by atoms with Crippen LogP contribution in [0.1, 0.15) is 56.6 Å². The van der Waals surface area contributed by atoms with Crippen molar-refractivity contribution in [3.63, 3.8) is 0 Å². The molecule has 4 aromatic rings. The van der Waals surface area contributed by atoms with Crippen molar-refractivity contribution in [2.75, 3.05) is 24.5 Å². The molecule has 9 heteroatoms. The second-order valence-corrected chi connectivity index (χ2v) is 9.68. The number of piperidine rings is 1. The van der Waals surface area contributed by atoms with Gasteiger partial charge in [0, 0.05) is 42.2 Å². The van der Waals surface area contributed by atoms with E-state index in [1.807, 2.05) is 33.4 Å². The molecule has 2 aromatic heterocycles. The molecular weight excluding hydrogens is 450 g/mol. The number of hydrogen-bond donors (Lipinski definition) is 0. The Kier molecular flexibility index (Phi) is 5.33. The van der Waals surface area contributed by atoms with Gasteiger partial charge in [0.05, 0.1) is 5.01 Å². The maximum Gasteiger partial charge on any atom is 0.277 e. The summed E-state index contributed by atoms with van der Waals surface area (Å²) in [7, 11) is 0. The summed E-state index contributed by atoms with van der Waals surface area (Å²) in [5.74, 6) is 0.216. The summed E-state index contributed by atoms with van der Waals surface area (Å²) in [4.78, 5) is 34.7. The van der Waals surface area contributed by atoms with Crippen molar-refractivity contribution in [2.24, 2.45) is 0 Å². The summed E-state index contributed by atoms with van der Waals surface area (Å²) in [6.07, 6.45) is 3.62. The number of nitrogens with zero attached hydrogens (tertiary/aromatic N) is 5. The number of para-hydroxylation sites is 1. The molecule has 0 radical (unpaired) electrons. The van der Waals surface area contributed by atoms with Crippen LogP contribution in [0.3, 0.4) is 0 Å². The lowest BCUT2D eigenvalue weighted by Gasteiger charge is -2.31. The van der Waals surface area contributed by atoms with Crippen molar-refractivity contribution < 1.29 is 14.2 Å². The summed E-state index contributed by atoms with van der Waals surface area (Å²) < 4.78 is 4.73. The van der Waals surface area contributed by atoms with E-state index in [-0.39, 0.29) is 17.7 Å². The van der Waals surface area contributed by atoms with Crippen molar-refractivity contribution in [2.45, 2.75) is 31.6 Å².